The van der Waals surface area contributed by atoms with E-state index >= 15 is 0 Å². The first-order valence-corrected chi connectivity index (χ1v) is 3.60. The predicted molar refractivity (Wildman–Crippen MR) is 48.4 cm³/mol. The van der Waals surface area contributed by atoms with E-state index in [-0.39, 0.29) is 0 Å². The number of H-pyrrole nitrogens is 1. The number of hydrogen-bond donors (Lipinski definition) is 1. The van der Waals surface area contributed by atoms with Crippen molar-refractivity contribution in [3.05, 3.63) is 30.0 Å². The minimum absolute atomic E-state index is 0.805. The third kappa shape index (κ3) is 1.05. The van der Waals surface area contributed by atoms with Crippen molar-refractivity contribution in [3.8, 4) is 0 Å². The maximum Gasteiger partial charge on any atom is 0.113 e. The number of hydrogen-bond acceptors (Lipinski definition) is 0. The van der Waals surface area contributed by atoms with Crippen LogP contribution >= 0.6 is 0 Å². The molecule has 2 radical (unpaired) electrons. The summed E-state index contributed by atoms with van der Waals surface area (Å²) in [7, 11) is 5.61. The van der Waals surface area contributed by atoms with Crippen LogP contribution in [0.4, 0.5) is 0 Å². The number of nitrogens with one attached hydrogen (secondary N) is 1. The predicted octanol–water partition coefficient (Wildman–Crippen LogP) is 1.27. The molecule has 2 rings (SSSR count). The quantitative estimate of drug-likeness (QED) is 0.531. The van der Waals surface area contributed by atoms with Crippen LogP contribution in [0.3, 0.4) is 0 Å². The van der Waals surface area contributed by atoms with E-state index in [1.54, 1.807) is 0 Å². The normalized spacial score (nSPS) is 10.6. The minimum Gasteiger partial charge on any atom is -0.359 e. The van der Waals surface area contributed by atoms with Crippen molar-refractivity contribution in [2.24, 2.45) is 0 Å². The summed E-state index contributed by atoms with van der Waals surface area (Å²) >= 11 is 0. The van der Waals surface area contributed by atoms with Gasteiger partial charge in [0, 0.05) is 11.2 Å². The molecule has 1 aromatic heterocycles. The van der Waals surface area contributed by atoms with Crippen molar-refractivity contribution in [2.45, 2.75) is 6.92 Å². The molecule has 0 spiro atoms. The zero-order valence-electron chi connectivity index (χ0n) is 6.39. The summed E-state index contributed by atoms with van der Waals surface area (Å²) in [6, 6.07) is 7.99. The summed E-state index contributed by atoms with van der Waals surface area (Å²) in [6.07, 6.45) is 0. The van der Waals surface area contributed by atoms with E-state index in [0.717, 1.165) is 11.0 Å². The van der Waals surface area contributed by atoms with E-state index in [1.165, 1.54) is 11.1 Å². The van der Waals surface area contributed by atoms with Gasteiger partial charge in [-0.1, -0.05) is 17.6 Å². The molecule has 0 fully saturated rings. The van der Waals surface area contributed by atoms with Crippen LogP contribution in [0.1, 0.15) is 5.69 Å². The van der Waals surface area contributed by atoms with Crippen LogP contribution in [0.25, 0.3) is 10.9 Å². The lowest BCUT2D eigenvalue weighted by atomic mass is 9.96. The number of aryl methyl sites for hydroxylation is 1. The van der Waals surface area contributed by atoms with Gasteiger partial charge in [-0.15, -0.1) is 0 Å². The number of fused-ring (bicyclic) bond motifs is 1. The molecule has 0 saturated heterocycles. The molecule has 52 valence electrons. The number of aromatic amines is 1. The van der Waals surface area contributed by atoms with Crippen LogP contribution in [0.2, 0.25) is 0 Å². The zero-order chi connectivity index (χ0) is 7.84. The molecule has 0 aliphatic rings. The lowest BCUT2D eigenvalue weighted by Crippen LogP contribution is -1.98. The van der Waals surface area contributed by atoms with Crippen molar-refractivity contribution in [1.82, 2.24) is 4.98 Å². The van der Waals surface area contributed by atoms with E-state index < -0.39 is 0 Å². The van der Waals surface area contributed by atoms with Crippen LogP contribution < -0.4 is 5.46 Å². The van der Waals surface area contributed by atoms with E-state index in [4.69, 9.17) is 7.85 Å². The van der Waals surface area contributed by atoms with E-state index in [0.29, 0.717) is 0 Å². The molecule has 1 aromatic carbocycles. The molecule has 0 unspecified atom stereocenters. The molecule has 0 bridgehead atoms. The Morgan fingerprint density at radius 1 is 1.27 bits per heavy atom. The van der Waals surface area contributed by atoms with Crippen molar-refractivity contribution in [2.75, 3.05) is 0 Å². The Balaban J connectivity index is 2.82. The second-order valence-corrected chi connectivity index (χ2v) is 2.80. The average Bonchev–Trinajstić information content (AvgIpc) is 2.27. The first-order chi connectivity index (χ1) is 5.25. The third-order valence-electron chi connectivity index (χ3n) is 1.78. The molecule has 0 aliphatic heterocycles. The first-order valence-electron chi connectivity index (χ1n) is 3.60. The van der Waals surface area contributed by atoms with Gasteiger partial charge in [-0.25, -0.2) is 0 Å². The van der Waals surface area contributed by atoms with Gasteiger partial charge in [-0.3, -0.25) is 0 Å². The number of rotatable bonds is 0. The van der Waals surface area contributed by atoms with Gasteiger partial charge in [0.1, 0.15) is 7.85 Å². The summed E-state index contributed by atoms with van der Waals surface area (Å²) in [5, 5.41) is 1.22. The largest absolute Gasteiger partial charge is 0.359 e. The molecule has 1 nitrogen and oxygen atoms in total. The molecule has 11 heavy (non-hydrogen) atoms. The van der Waals surface area contributed by atoms with Gasteiger partial charge >= 0.3 is 0 Å². The number of aromatic nitrogens is 1. The Labute approximate surface area is 66.8 Å². The fraction of sp³-hybridized carbons (Fsp3) is 0.111. The summed E-state index contributed by atoms with van der Waals surface area (Å²) in [5.41, 5.74) is 3.09. The van der Waals surface area contributed by atoms with E-state index in [9.17, 15) is 0 Å². The summed E-state index contributed by atoms with van der Waals surface area (Å²) < 4.78 is 0. The molecule has 2 heteroatoms. The summed E-state index contributed by atoms with van der Waals surface area (Å²) in [6.45, 7) is 2.04. The maximum absolute atomic E-state index is 5.61. The first kappa shape index (κ1) is 6.53. The molecule has 1 N–H and O–H groups in total. The third-order valence-corrected chi connectivity index (χ3v) is 1.78. The Bertz CT molecular complexity index is 389. The Hall–Kier alpha value is -1.18. The second-order valence-electron chi connectivity index (χ2n) is 2.80. The van der Waals surface area contributed by atoms with Crippen molar-refractivity contribution in [3.63, 3.8) is 0 Å². The monoisotopic (exact) mass is 141 g/mol. The fourth-order valence-corrected chi connectivity index (χ4v) is 1.29. The highest BCUT2D eigenvalue weighted by atomic mass is 14.7. The Morgan fingerprint density at radius 2 is 2.09 bits per heavy atom. The molecule has 0 amide bonds. The minimum atomic E-state index is 0.805. The SMILES string of the molecule is [B]c1ccc2cc(C)[nH]c2c1. The Morgan fingerprint density at radius 3 is 2.91 bits per heavy atom. The molecular weight excluding hydrogens is 133 g/mol. The zero-order valence-corrected chi connectivity index (χ0v) is 6.39. The van der Waals surface area contributed by atoms with Gasteiger partial charge in [0.15, 0.2) is 0 Å². The smallest absolute Gasteiger partial charge is 0.113 e. The molecule has 1 heterocycles. The van der Waals surface area contributed by atoms with Crippen LogP contribution in [0.5, 0.6) is 0 Å². The highest BCUT2D eigenvalue weighted by Crippen LogP contribution is 2.11. The fourth-order valence-electron chi connectivity index (χ4n) is 1.29. The number of benzene rings is 1. The molecule has 0 atom stereocenters. The highest BCUT2D eigenvalue weighted by molar-refractivity contribution is 6.33. The van der Waals surface area contributed by atoms with Crippen molar-refractivity contribution in [1.29, 1.82) is 0 Å². The summed E-state index contributed by atoms with van der Waals surface area (Å²) in [4.78, 5) is 3.22. The van der Waals surface area contributed by atoms with Crippen LogP contribution in [-0.2, 0) is 0 Å². The van der Waals surface area contributed by atoms with Gasteiger partial charge in [-0.2, -0.15) is 0 Å². The van der Waals surface area contributed by atoms with Gasteiger partial charge in [0.25, 0.3) is 0 Å². The van der Waals surface area contributed by atoms with Gasteiger partial charge in [0.05, 0.1) is 0 Å². The lowest BCUT2D eigenvalue weighted by Gasteiger charge is -1.91. The molecular formula is C9H8BN. The average molecular weight is 141 g/mol. The molecule has 2 aromatic rings. The standard InChI is InChI=1S/C9H8BN/c1-6-4-7-2-3-8(10)5-9(7)11-6/h2-5,11H,1H3. The second kappa shape index (κ2) is 2.16. The topological polar surface area (TPSA) is 15.8 Å². The Kier molecular flexibility index (Phi) is 1.28. The summed E-state index contributed by atoms with van der Waals surface area (Å²) in [5.74, 6) is 0. The van der Waals surface area contributed by atoms with E-state index in [2.05, 4.69) is 11.1 Å². The molecule has 0 aliphatic carbocycles. The van der Waals surface area contributed by atoms with Crippen molar-refractivity contribution < 1.29 is 0 Å². The van der Waals surface area contributed by atoms with Crippen LogP contribution in [-0.4, -0.2) is 12.8 Å². The van der Waals surface area contributed by atoms with Crippen molar-refractivity contribution >= 4 is 24.2 Å². The van der Waals surface area contributed by atoms with Gasteiger partial charge in [-0.05, 0) is 24.4 Å². The highest BCUT2D eigenvalue weighted by Gasteiger charge is 1.95. The lowest BCUT2D eigenvalue weighted by molar-refractivity contribution is 1.30. The van der Waals surface area contributed by atoms with Gasteiger partial charge < -0.3 is 4.98 Å². The van der Waals surface area contributed by atoms with Crippen LogP contribution in [0, 0.1) is 6.92 Å². The van der Waals surface area contributed by atoms with E-state index in [1.807, 2.05) is 25.1 Å². The molecule has 0 saturated carbocycles. The van der Waals surface area contributed by atoms with Crippen LogP contribution in [0.15, 0.2) is 24.3 Å². The maximum atomic E-state index is 5.61. The van der Waals surface area contributed by atoms with Gasteiger partial charge in [0.2, 0.25) is 0 Å².